The van der Waals surface area contributed by atoms with Crippen LogP contribution in [0.2, 0.25) is 0 Å². The SMILES string of the molecule is Cc1cc(NC(=O)NCc2cccc3ccccc23)n(C2NC(=O)C3CCCCC3N2)n1. The molecule has 5 rings (SSSR count). The monoisotopic (exact) mass is 432 g/mol. The normalized spacial score (nSPS) is 22.8. The summed E-state index contributed by atoms with van der Waals surface area (Å²) < 4.78 is 1.65. The van der Waals surface area contributed by atoms with E-state index in [1.54, 1.807) is 10.7 Å². The highest BCUT2D eigenvalue weighted by Crippen LogP contribution is 2.29. The molecule has 1 saturated heterocycles. The van der Waals surface area contributed by atoms with Crippen LogP contribution in [0.15, 0.2) is 48.5 Å². The lowest BCUT2D eigenvalue weighted by atomic mass is 9.83. The predicted molar refractivity (Wildman–Crippen MR) is 123 cm³/mol. The highest BCUT2D eigenvalue weighted by Gasteiger charge is 2.38. The van der Waals surface area contributed by atoms with Gasteiger partial charge in [-0.2, -0.15) is 5.10 Å². The molecule has 166 valence electrons. The second-order valence-electron chi connectivity index (χ2n) is 8.64. The van der Waals surface area contributed by atoms with Crippen LogP contribution in [0.3, 0.4) is 0 Å². The molecule has 2 aliphatic rings. The summed E-state index contributed by atoms with van der Waals surface area (Å²) in [7, 11) is 0. The number of aromatic nitrogens is 2. The van der Waals surface area contributed by atoms with Gasteiger partial charge in [-0.05, 0) is 36.1 Å². The second-order valence-corrected chi connectivity index (χ2v) is 8.64. The third kappa shape index (κ3) is 4.05. The fourth-order valence-corrected chi connectivity index (χ4v) is 4.85. The zero-order valence-corrected chi connectivity index (χ0v) is 18.1. The van der Waals surface area contributed by atoms with E-state index in [-0.39, 0.29) is 23.9 Å². The average molecular weight is 433 g/mol. The molecule has 3 amide bonds. The molecule has 1 aliphatic heterocycles. The van der Waals surface area contributed by atoms with E-state index >= 15 is 0 Å². The van der Waals surface area contributed by atoms with E-state index in [1.165, 1.54) is 0 Å². The van der Waals surface area contributed by atoms with Gasteiger partial charge in [0.1, 0.15) is 5.82 Å². The van der Waals surface area contributed by atoms with Crippen LogP contribution in [0.25, 0.3) is 10.8 Å². The van der Waals surface area contributed by atoms with Crippen LogP contribution in [-0.4, -0.2) is 27.8 Å². The zero-order valence-electron chi connectivity index (χ0n) is 18.1. The molecule has 2 heterocycles. The number of amides is 3. The molecule has 2 aromatic carbocycles. The van der Waals surface area contributed by atoms with Crippen LogP contribution in [0.1, 0.15) is 43.2 Å². The Labute approximate surface area is 186 Å². The van der Waals surface area contributed by atoms with Crippen molar-refractivity contribution in [3.8, 4) is 0 Å². The summed E-state index contributed by atoms with van der Waals surface area (Å²) >= 11 is 0. The summed E-state index contributed by atoms with van der Waals surface area (Å²) in [5, 5.41) is 19.1. The van der Waals surface area contributed by atoms with Gasteiger partial charge in [0.25, 0.3) is 0 Å². The lowest BCUT2D eigenvalue weighted by Gasteiger charge is -2.40. The fraction of sp³-hybridized carbons (Fsp3) is 0.375. The lowest BCUT2D eigenvalue weighted by Crippen LogP contribution is -2.59. The molecule has 0 radical (unpaired) electrons. The van der Waals surface area contributed by atoms with Crippen molar-refractivity contribution in [1.29, 1.82) is 0 Å². The predicted octanol–water partition coefficient (Wildman–Crippen LogP) is 3.40. The average Bonchev–Trinajstić information content (AvgIpc) is 3.17. The summed E-state index contributed by atoms with van der Waals surface area (Å²) in [6, 6.07) is 15.8. The topological polar surface area (TPSA) is 100 Å². The Bertz CT molecular complexity index is 1150. The van der Waals surface area contributed by atoms with Gasteiger partial charge in [0.15, 0.2) is 6.29 Å². The summed E-state index contributed by atoms with van der Waals surface area (Å²) in [6.07, 6.45) is 3.61. The first kappa shape index (κ1) is 20.5. The number of carbonyl (C=O) groups excluding carboxylic acids is 2. The zero-order chi connectivity index (χ0) is 22.1. The van der Waals surface area contributed by atoms with E-state index in [0.29, 0.717) is 12.4 Å². The number of nitrogens with zero attached hydrogens (tertiary/aromatic N) is 2. The Balaban J connectivity index is 1.28. The molecule has 1 saturated carbocycles. The van der Waals surface area contributed by atoms with E-state index in [1.807, 2.05) is 31.2 Å². The van der Waals surface area contributed by atoms with E-state index in [4.69, 9.17) is 0 Å². The van der Waals surface area contributed by atoms with Crippen LogP contribution in [0.4, 0.5) is 10.6 Å². The first-order valence-electron chi connectivity index (χ1n) is 11.2. The van der Waals surface area contributed by atoms with E-state index in [0.717, 1.165) is 47.7 Å². The smallest absolute Gasteiger partial charge is 0.320 e. The van der Waals surface area contributed by atoms with Gasteiger partial charge in [0.2, 0.25) is 5.91 Å². The third-order valence-electron chi connectivity index (χ3n) is 6.42. The molecule has 8 nitrogen and oxygen atoms in total. The van der Waals surface area contributed by atoms with Crippen LogP contribution in [0, 0.1) is 12.8 Å². The van der Waals surface area contributed by atoms with Crippen molar-refractivity contribution in [2.45, 2.75) is 51.5 Å². The molecular formula is C24H28N6O2. The maximum Gasteiger partial charge on any atom is 0.320 e. The van der Waals surface area contributed by atoms with Gasteiger partial charge in [0, 0.05) is 18.7 Å². The maximum absolute atomic E-state index is 12.7. The quantitative estimate of drug-likeness (QED) is 0.508. The Kier molecular flexibility index (Phi) is 5.53. The maximum atomic E-state index is 12.7. The van der Waals surface area contributed by atoms with Gasteiger partial charge in [-0.15, -0.1) is 0 Å². The molecule has 4 N–H and O–H groups in total. The van der Waals surface area contributed by atoms with Crippen molar-refractivity contribution in [1.82, 2.24) is 25.7 Å². The van der Waals surface area contributed by atoms with Crippen molar-refractivity contribution in [3.05, 3.63) is 59.8 Å². The fourth-order valence-electron chi connectivity index (χ4n) is 4.85. The number of aryl methyl sites for hydroxylation is 1. The van der Waals surface area contributed by atoms with E-state index in [2.05, 4.69) is 44.6 Å². The molecule has 32 heavy (non-hydrogen) atoms. The second kappa shape index (κ2) is 8.63. The van der Waals surface area contributed by atoms with Crippen molar-refractivity contribution in [3.63, 3.8) is 0 Å². The van der Waals surface area contributed by atoms with Crippen LogP contribution in [0.5, 0.6) is 0 Å². The van der Waals surface area contributed by atoms with Gasteiger partial charge in [-0.25, -0.2) is 9.48 Å². The molecule has 0 spiro atoms. The van der Waals surface area contributed by atoms with Crippen LogP contribution >= 0.6 is 0 Å². The molecular weight excluding hydrogens is 404 g/mol. The van der Waals surface area contributed by atoms with Crippen molar-refractivity contribution in [2.24, 2.45) is 5.92 Å². The van der Waals surface area contributed by atoms with Gasteiger partial charge in [0.05, 0.1) is 11.6 Å². The number of hydrogen-bond acceptors (Lipinski definition) is 4. The molecule has 3 atom stereocenters. The summed E-state index contributed by atoms with van der Waals surface area (Å²) in [4.78, 5) is 25.3. The van der Waals surface area contributed by atoms with E-state index in [9.17, 15) is 9.59 Å². The molecule has 1 aromatic heterocycles. The van der Waals surface area contributed by atoms with Crippen molar-refractivity contribution >= 4 is 28.5 Å². The number of hydrogen-bond donors (Lipinski definition) is 4. The third-order valence-corrected chi connectivity index (χ3v) is 6.42. The largest absolute Gasteiger partial charge is 0.334 e. The molecule has 3 aromatic rings. The summed E-state index contributed by atoms with van der Waals surface area (Å²) in [5.74, 6) is 0.597. The van der Waals surface area contributed by atoms with E-state index < -0.39 is 6.29 Å². The Morgan fingerprint density at radius 1 is 1.16 bits per heavy atom. The minimum atomic E-state index is -0.482. The minimum absolute atomic E-state index is 0.0112. The van der Waals surface area contributed by atoms with Gasteiger partial charge in [-0.1, -0.05) is 55.3 Å². The Morgan fingerprint density at radius 3 is 2.88 bits per heavy atom. The van der Waals surface area contributed by atoms with Crippen molar-refractivity contribution in [2.75, 3.05) is 5.32 Å². The van der Waals surface area contributed by atoms with Crippen molar-refractivity contribution < 1.29 is 9.59 Å². The summed E-state index contributed by atoms with van der Waals surface area (Å²) in [6.45, 7) is 2.27. The molecule has 8 heteroatoms. The van der Waals surface area contributed by atoms with Gasteiger partial charge < -0.3 is 10.6 Å². The van der Waals surface area contributed by atoms with Crippen LogP contribution in [-0.2, 0) is 11.3 Å². The first-order valence-corrected chi connectivity index (χ1v) is 11.2. The number of nitrogens with one attached hydrogen (secondary N) is 4. The number of fused-ring (bicyclic) bond motifs is 2. The molecule has 3 unspecified atom stereocenters. The number of carbonyl (C=O) groups is 2. The highest BCUT2D eigenvalue weighted by molar-refractivity contribution is 5.90. The minimum Gasteiger partial charge on any atom is -0.334 e. The molecule has 2 fully saturated rings. The summed E-state index contributed by atoms with van der Waals surface area (Å²) in [5.41, 5.74) is 1.81. The van der Waals surface area contributed by atoms with Crippen LogP contribution < -0.4 is 21.3 Å². The molecule has 1 aliphatic carbocycles. The number of benzene rings is 2. The Hall–Kier alpha value is -3.39. The van der Waals surface area contributed by atoms with Gasteiger partial charge in [-0.3, -0.25) is 15.4 Å². The standard InChI is InChI=1S/C24H28N6O2/c1-15-13-21(30(29-15)23-26-20-12-5-4-11-19(20)22(31)28-23)27-24(32)25-14-17-9-6-8-16-7-2-3-10-18(16)17/h2-3,6-10,13,19-20,23,26H,4-5,11-12,14H2,1H3,(H,28,31)(H2,25,27,32). The van der Waals surface area contributed by atoms with Gasteiger partial charge >= 0.3 is 6.03 Å². The lowest BCUT2D eigenvalue weighted by molar-refractivity contribution is -0.132. The highest BCUT2D eigenvalue weighted by atomic mass is 16.2. The molecule has 0 bridgehead atoms. The number of rotatable bonds is 4. The first-order chi connectivity index (χ1) is 15.6. The number of anilines is 1. The number of urea groups is 1. The Morgan fingerprint density at radius 2 is 1.97 bits per heavy atom.